The first-order valence-corrected chi connectivity index (χ1v) is 7.17. The maximum absolute atomic E-state index is 5.82. The van der Waals surface area contributed by atoms with Gasteiger partial charge in [-0.2, -0.15) is 4.98 Å². The molecule has 2 N–H and O–H groups in total. The van der Waals surface area contributed by atoms with Crippen LogP contribution in [0.1, 0.15) is 19.3 Å². The third kappa shape index (κ3) is 2.73. The molecule has 1 fully saturated rings. The monoisotopic (exact) mass is 322 g/mol. The summed E-state index contributed by atoms with van der Waals surface area (Å²) in [7, 11) is 0. The van der Waals surface area contributed by atoms with E-state index in [0.717, 1.165) is 23.1 Å². The van der Waals surface area contributed by atoms with E-state index in [1.807, 2.05) is 18.2 Å². The van der Waals surface area contributed by atoms with Gasteiger partial charge < -0.3 is 15.2 Å². The number of hydrogen-bond donors (Lipinski definition) is 1. The zero-order valence-electron chi connectivity index (χ0n) is 10.5. The molecule has 0 bridgehead atoms. The Morgan fingerprint density at radius 1 is 1.16 bits per heavy atom. The Hall–Kier alpha value is -1.56. The first-order chi connectivity index (χ1) is 9.22. The minimum atomic E-state index is 0.508. The number of aromatic nitrogens is 2. The Morgan fingerprint density at radius 3 is 2.68 bits per heavy atom. The number of benzene rings is 1. The summed E-state index contributed by atoms with van der Waals surface area (Å²) in [6.45, 7) is 2.00. The highest BCUT2D eigenvalue weighted by Crippen LogP contribution is 2.27. The van der Waals surface area contributed by atoms with Gasteiger partial charge in [-0.05, 0) is 42.6 Å². The molecule has 2 aromatic rings. The minimum absolute atomic E-state index is 0.508. The number of piperidine rings is 1. The van der Waals surface area contributed by atoms with Crippen LogP contribution in [0.4, 0.5) is 11.6 Å². The highest BCUT2D eigenvalue weighted by Gasteiger charge is 2.17. The van der Waals surface area contributed by atoms with Crippen molar-refractivity contribution in [1.82, 2.24) is 10.1 Å². The van der Waals surface area contributed by atoms with Gasteiger partial charge in [-0.25, -0.2) is 0 Å². The molecule has 1 aromatic carbocycles. The molecule has 0 amide bonds. The van der Waals surface area contributed by atoms with E-state index in [4.69, 9.17) is 10.3 Å². The van der Waals surface area contributed by atoms with E-state index < -0.39 is 0 Å². The average molecular weight is 323 g/mol. The third-order valence-electron chi connectivity index (χ3n) is 3.22. The highest BCUT2D eigenvalue weighted by atomic mass is 79.9. The topological polar surface area (TPSA) is 68.2 Å². The lowest BCUT2D eigenvalue weighted by atomic mass is 10.1. The number of nitrogens with zero attached hydrogens (tertiary/aromatic N) is 3. The molecule has 0 radical (unpaired) electrons. The third-order valence-corrected chi connectivity index (χ3v) is 3.68. The van der Waals surface area contributed by atoms with Crippen molar-refractivity contribution in [1.29, 1.82) is 0 Å². The van der Waals surface area contributed by atoms with Crippen LogP contribution in [0, 0.1) is 0 Å². The van der Waals surface area contributed by atoms with Crippen molar-refractivity contribution in [3.63, 3.8) is 0 Å². The van der Waals surface area contributed by atoms with Gasteiger partial charge in [-0.15, -0.1) is 0 Å². The summed E-state index contributed by atoms with van der Waals surface area (Å²) in [5.41, 5.74) is 7.32. The lowest BCUT2D eigenvalue weighted by molar-refractivity contribution is 0.426. The molecule has 1 aliphatic heterocycles. The zero-order valence-corrected chi connectivity index (χ0v) is 12.1. The largest absolute Gasteiger partial charge is 0.399 e. The van der Waals surface area contributed by atoms with Crippen LogP contribution in [-0.4, -0.2) is 23.2 Å². The second kappa shape index (κ2) is 5.21. The van der Waals surface area contributed by atoms with Crippen LogP contribution in [0.2, 0.25) is 0 Å². The minimum Gasteiger partial charge on any atom is -0.399 e. The fourth-order valence-corrected chi connectivity index (χ4v) is 2.80. The fourth-order valence-electron chi connectivity index (χ4n) is 2.29. The van der Waals surface area contributed by atoms with Crippen molar-refractivity contribution in [3.05, 3.63) is 22.7 Å². The van der Waals surface area contributed by atoms with Crippen molar-refractivity contribution < 1.29 is 4.52 Å². The second-order valence-electron chi connectivity index (χ2n) is 4.72. The Balaban J connectivity index is 1.87. The molecule has 1 aliphatic rings. The maximum atomic E-state index is 5.82. The van der Waals surface area contributed by atoms with E-state index in [0.29, 0.717) is 17.5 Å². The molecular formula is C13H15BrN4O. The summed E-state index contributed by atoms with van der Waals surface area (Å²) < 4.78 is 6.24. The molecule has 0 unspecified atom stereocenters. The van der Waals surface area contributed by atoms with Gasteiger partial charge in [0.05, 0.1) is 0 Å². The van der Waals surface area contributed by atoms with Crippen LogP contribution in [0.5, 0.6) is 0 Å². The van der Waals surface area contributed by atoms with Crippen LogP contribution < -0.4 is 10.6 Å². The fraction of sp³-hybridized carbons (Fsp3) is 0.385. The van der Waals surface area contributed by atoms with Gasteiger partial charge in [-0.1, -0.05) is 15.9 Å². The average Bonchev–Trinajstić information content (AvgIpc) is 2.88. The van der Waals surface area contributed by atoms with E-state index in [2.05, 4.69) is 31.0 Å². The van der Waals surface area contributed by atoms with E-state index in [9.17, 15) is 0 Å². The Labute approximate surface area is 119 Å². The molecule has 0 saturated carbocycles. The van der Waals surface area contributed by atoms with Crippen molar-refractivity contribution in [2.45, 2.75) is 19.3 Å². The van der Waals surface area contributed by atoms with Gasteiger partial charge in [0.25, 0.3) is 11.8 Å². The van der Waals surface area contributed by atoms with E-state index >= 15 is 0 Å². The summed E-state index contributed by atoms with van der Waals surface area (Å²) in [6, 6.07) is 5.59. The van der Waals surface area contributed by atoms with Gasteiger partial charge in [0, 0.05) is 28.8 Å². The van der Waals surface area contributed by atoms with Crippen molar-refractivity contribution in [2.75, 3.05) is 23.7 Å². The smallest absolute Gasteiger partial charge is 0.266 e. The molecule has 100 valence electrons. The van der Waals surface area contributed by atoms with Crippen LogP contribution >= 0.6 is 15.9 Å². The Bertz CT molecular complexity index is 558. The molecule has 19 heavy (non-hydrogen) atoms. The quantitative estimate of drug-likeness (QED) is 0.860. The van der Waals surface area contributed by atoms with Gasteiger partial charge in [-0.3, -0.25) is 0 Å². The van der Waals surface area contributed by atoms with Crippen LogP contribution in [0.15, 0.2) is 27.2 Å². The summed E-state index contributed by atoms with van der Waals surface area (Å²) >= 11 is 3.41. The van der Waals surface area contributed by atoms with Crippen LogP contribution in [0.25, 0.3) is 11.5 Å². The number of hydrogen-bond acceptors (Lipinski definition) is 5. The predicted molar refractivity (Wildman–Crippen MR) is 77.9 cm³/mol. The van der Waals surface area contributed by atoms with E-state index in [1.54, 1.807) is 0 Å². The predicted octanol–water partition coefficient (Wildman–Crippen LogP) is 3.07. The number of nitrogens with two attached hydrogens (primary N) is 1. The number of halogens is 1. The number of rotatable bonds is 2. The molecule has 3 rings (SSSR count). The number of anilines is 2. The maximum Gasteiger partial charge on any atom is 0.266 e. The molecule has 0 atom stereocenters. The van der Waals surface area contributed by atoms with Gasteiger partial charge >= 0.3 is 0 Å². The van der Waals surface area contributed by atoms with Crippen molar-refractivity contribution in [3.8, 4) is 11.5 Å². The standard InChI is InChI=1S/C13H15BrN4O/c14-10-6-9(7-11(15)8-10)12-16-13(17-19-12)18-4-2-1-3-5-18/h6-8H,1-5,15H2. The summed E-state index contributed by atoms with van der Waals surface area (Å²) in [6.07, 6.45) is 3.66. The Kier molecular flexibility index (Phi) is 3.42. The molecule has 5 nitrogen and oxygen atoms in total. The molecular weight excluding hydrogens is 308 g/mol. The first-order valence-electron chi connectivity index (χ1n) is 6.37. The van der Waals surface area contributed by atoms with Crippen LogP contribution in [-0.2, 0) is 0 Å². The lowest BCUT2D eigenvalue weighted by Gasteiger charge is -2.24. The summed E-state index contributed by atoms with van der Waals surface area (Å²) in [5.74, 6) is 1.18. The Morgan fingerprint density at radius 2 is 1.95 bits per heavy atom. The van der Waals surface area contributed by atoms with Crippen molar-refractivity contribution >= 4 is 27.6 Å². The zero-order chi connectivity index (χ0) is 13.2. The first kappa shape index (κ1) is 12.5. The van der Waals surface area contributed by atoms with Crippen molar-refractivity contribution in [2.24, 2.45) is 0 Å². The second-order valence-corrected chi connectivity index (χ2v) is 5.64. The molecule has 0 aliphatic carbocycles. The van der Waals surface area contributed by atoms with E-state index in [1.165, 1.54) is 19.3 Å². The SMILES string of the molecule is Nc1cc(Br)cc(-c2nc(N3CCCCC3)no2)c1. The van der Waals surface area contributed by atoms with Gasteiger partial charge in [0.1, 0.15) is 0 Å². The lowest BCUT2D eigenvalue weighted by Crippen LogP contribution is -2.30. The van der Waals surface area contributed by atoms with E-state index in [-0.39, 0.29) is 0 Å². The number of nitrogen functional groups attached to an aromatic ring is 1. The summed E-state index contributed by atoms with van der Waals surface area (Å²) in [5, 5.41) is 4.06. The van der Waals surface area contributed by atoms with Crippen LogP contribution in [0.3, 0.4) is 0 Å². The van der Waals surface area contributed by atoms with Gasteiger partial charge in [0.15, 0.2) is 0 Å². The summed E-state index contributed by atoms with van der Waals surface area (Å²) in [4.78, 5) is 6.62. The molecule has 1 saturated heterocycles. The highest BCUT2D eigenvalue weighted by molar-refractivity contribution is 9.10. The van der Waals surface area contributed by atoms with Gasteiger partial charge in [0.2, 0.25) is 0 Å². The molecule has 2 heterocycles. The normalized spacial score (nSPS) is 15.7. The molecule has 1 aromatic heterocycles. The molecule has 0 spiro atoms. The molecule has 6 heteroatoms.